The average Bonchev–Trinajstić information content (AvgIpc) is 2.63. The number of anilines is 1. The Balaban J connectivity index is 2.21. The quantitative estimate of drug-likeness (QED) is 0.895. The maximum Gasteiger partial charge on any atom is 0.259 e. The molecule has 18 heavy (non-hydrogen) atoms. The normalized spacial score (nSPS) is 10.4. The van der Waals surface area contributed by atoms with Crippen LogP contribution in [0.15, 0.2) is 28.7 Å². The second-order valence-electron chi connectivity index (χ2n) is 3.91. The molecule has 5 heteroatoms. The van der Waals surface area contributed by atoms with Crippen molar-refractivity contribution in [2.24, 2.45) is 0 Å². The van der Waals surface area contributed by atoms with Crippen LogP contribution in [-0.4, -0.2) is 5.91 Å². The molecular formula is C13H11ClFNO2. The Hall–Kier alpha value is -1.81. The van der Waals surface area contributed by atoms with E-state index in [1.54, 1.807) is 19.9 Å². The molecule has 3 nitrogen and oxygen atoms in total. The molecule has 1 aromatic carbocycles. The fourth-order valence-electron chi connectivity index (χ4n) is 1.63. The molecule has 1 N–H and O–H groups in total. The molecule has 1 aromatic heterocycles. The van der Waals surface area contributed by atoms with Crippen molar-refractivity contribution < 1.29 is 13.6 Å². The fraction of sp³-hybridized carbons (Fsp3) is 0.154. The van der Waals surface area contributed by atoms with Crippen LogP contribution in [0.1, 0.15) is 21.9 Å². The van der Waals surface area contributed by atoms with E-state index in [2.05, 4.69) is 5.32 Å². The number of rotatable bonds is 2. The molecule has 0 spiro atoms. The van der Waals surface area contributed by atoms with E-state index in [0.29, 0.717) is 22.8 Å². The third kappa shape index (κ3) is 2.54. The van der Waals surface area contributed by atoms with Crippen LogP contribution in [0.4, 0.5) is 10.1 Å². The number of hydrogen-bond acceptors (Lipinski definition) is 2. The maximum atomic E-state index is 13.0. The van der Waals surface area contributed by atoms with Gasteiger partial charge in [-0.3, -0.25) is 4.79 Å². The van der Waals surface area contributed by atoms with Crippen molar-refractivity contribution in [3.63, 3.8) is 0 Å². The summed E-state index contributed by atoms with van der Waals surface area (Å²) in [5, 5.41) is 2.60. The molecule has 0 fully saturated rings. The van der Waals surface area contributed by atoms with Gasteiger partial charge in [0.25, 0.3) is 5.91 Å². The zero-order chi connectivity index (χ0) is 13.3. The number of aryl methyl sites for hydroxylation is 2. The zero-order valence-electron chi connectivity index (χ0n) is 9.88. The number of halogens is 2. The van der Waals surface area contributed by atoms with Gasteiger partial charge in [-0.25, -0.2) is 4.39 Å². The van der Waals surface area contributed by atoms with Gasteiger partial charge in [0, 0.05) is 5.69 Å². The first-order valence-corrected chi connectivity index (χ1v) is 5.68. The number of hydrogen-bond donors (Lipinski definition) is 1. The summed E-state index contributed by atoms with van der Waals surface area (Å²) in [5.74, 6) is 0.366. The Labute approximate surface area is 109 Å². The van der Waals surface area contributed by atoms with Gasteiger partial charge in [-0.05, 0) is 38.1 Å². The van der Waals surface area contributed by atoms with E-state index in [1.165, 1.54) is 18.2 Å². The molecule has 0 aliphatic heterocycles. The lowest BCUT2D eigenvalue weighted by Gasteiger charge is -2.05. The van der Waals surface area contributed by atoms with E-state index in [4.69, 9.17) is 16.0 Å². The second-order valence-corrected chi connectivity index (χ2v) is 4.32. The van der Waals surface area contributed by atoms with E-state index in [9.17, 15) is 9.18 Å². The zero-order valence-corrected chi connectivity index (χ0v) is 10.6. The smallest absolute Gasteiger partial charge is 0.259 e. The van der Waals surface area contributed by atoms with Crippen molar-refractivity contribution in [3.05, 3.63) is 52.2 Å². The van der Waals surface area contributed by atoms with Crippen molar-refractivity contribution in [1.82, 2.24) is 0 Å². The van der Waals surface area contributed by atoms with Crippen LogP contribution in [0.3, 0.4) is 0 Å². The lowest BCUT2D eigenvalue weighted by molar-refractivity contribution is 0.102. The fourth-order valence-corrected chi connectivity index (χ4v) is 1.81. The SMILES string of the molecule is Cc1cc(C(=O)Nc2ccc(F)c(Cl)c2)c(C)o1. The molecule has 0 radical (unpaired) electrons. The van der Waals surface area contributed by atoms with Gasteiger partial charge >= 0.3 is 0 Å². The molecule has 2 aromatic rings. The van der Waals surface area contributed by atoms with Crippen LogP contribution in [-0.2, 0) is 0 Å². The number of amides is 1. The largest absolute Gasteiger partial charge is 0.466 e. The Morgan fingerprint density at radius 1 is 1.33 bits per heavy atom. The number of furan rings is 1. The van der Waals surface area contributed by atoms with Crippen LogP contribution in [0, 0.1) is 19.7 Å². The van der Waals surface area contributed by atoms with Crippen molar-refractivity contribution in [1.29, 1.82) is 0 Å². The topological polar surface area (TPSA) is 42.2 Å². The van der Waals surface area contributed by atoms with Crippen LogP contribution < -0.4 is 5.32 Å². The van der Waals surface area contributed by atoms with Crippen LogP contribution in [0.25, 0.3) is 0 Å². The molecule has 0 atom stereocenters. The van der Waals surface area contributed by atoms with Gasteiger partial charge < -0.3 is 9.73 Å². The van der Waals surface area contributed by atoms with Crippen LogP contribution in [0.2, 0.25) is 5.02 Å². The Bertz CT molecular complexity index is 607. The molecular weight excluding hydrogens is 257 g/mol. The van der Waals surface area contributed by atoms with Gasteiger partial charge in [-0.2, -0.15) is 0 Å². The summed E-state index contributed by atoms with van der Waals surface area (Å²) in [4.78, 5) is 11.9. The summed E-state index contributed by atoms with van der Waals surface area (Å²) in [6.45, 7) is 3.47. The summed E-state index contributed by atoms with van der Waals surface area (Å²) in [6.07, 6.45) is 0. The molecule has 0 saturated heterocycles. The van der Waals surface area contributed by atoms with Gasteiger partial charge in [-0.1, -0.05) is 11.6 Å². The minimum atomic E-state index is -0.523. The van der Waals surface area contributed by atoms with E-state index in [0.717, 1.165) is 0 Å². The molecule has 1 amide bonds. The summed E-state index contributed by atoms with van der Waals surface area (Å²) >= 11 is 5.63. The van der Waals surface area contributed by atoms with Crippen molar-refractivity contribution in [2.75, 3.05) is 5.32 Å². The Kier molecular flexibility index (Phi) is 3.39. The number of benzene rings is 1. The third-order valence-electron chi connectivity index (χ3n) is 2.46. The predicted octanol–water partition coefficient (Wildman–Crippen LogP) is 3.94. The van der Waals surface area contributed by atoms with Gasteiger partial charge in [-0.15, -0.1) is 0 Å². The highest BCUT2D eigenvalue weighted by molar-refractivity contribution is 6.31. The van der Waals surface area contributed by atoms with Gasteiger partial charge in [0.1, 0.15) is 17.3 Å². The Morgan fingerprint density at radius 3 is 2.61 bits per heavy atom. The van der Waals surface area contributed by atoms with E-state index >= 15 is 0 Å². The predicted molar refractivity (Wildman–Crippen MR) is 67.5 cm³/mol. The average molecular weight is 268 g/mol. The van der Waals surface area contributed by atoms with Crippen LogP contribution >= 0.6 is 11.6 Å². The first-order chi connectivity index (χ1) is 8.47. The molecule has 1 heterocycles. The molecule has 0 unspecified atom stereocenters. The van der Waals surface area contributed by atoms with Crippen molar-refractivity contribution in [3.8, 4) is 0 Å². The monoisotopic (exact) mass is 267 g/mol. The number of carbonyl (C=O) groups excluding carboxylic acids is 1. The van der Waals surface area contributed by atoms with Gasteiger partial charge in [0.15, 0.2) is 0 Å². The highest BCUT2D eigenvalue weighted by Gasteiger charge is 2.14. The van der Waals surface area contributed by atoms with E-state index in [1.807, 2.05) is 0 Å². The van der Waals surface area contributed by atoms with Crippen molar-refractivity contribution in [2.45, 2.75) is 13.8 Å². The molecule has 2 rings (SSSR count). The highest BCUT2D eigenvalue weighted by atomic mass is 35.5. The summed E-state index contributed by atoms with van der Waals surface area (Å²) < 4.78 is 18.2. The number of carbonyl (C=O) groups is 1. The van der Waals surface area contributed by atoms with E-state index in [-0.39, 0.29) is 10.9 Å². The summed E-state index contributed by atoms with van der Waals surface area (Å²) in [7, 11) is 0. The maximum absolute atomic E-state index is 13.0. The molecule has 94 valence electrons. The lowest BCUT2D eigenvalue weighted by Crippen LogP contribution is -2.12. The van der Waals surface area contributed by atoms with Crippen LogP contribution in [0.5, 0.6) is 0 Å². The summed E-state index contributed by atoms with van der Waals surface area (Å²) in [5.41, 5.74) is 0.887. The first kappa shape index (κ1) is 12.6. The lowest BCUT2D eigenvalue weighted by atomic mass is 10.2. The van der Waals surface area contributed by atoms with E-state index < -0.39 is 5.82 Å². The number of nitrogens with one attached hydrogen (secondary N) is 1. The molecule has 0 aliphatic carbocycles. The van der Waals surface area contributed by atoms with Crippen molar-refractivity contribution >= 4 is 23.2 Å². The minimum Gasteiger partial charge on any atom is -0.466 e. The Morgan fingerprint density at radius 2 is 2.06 bits per heavy atom. The second kappa shape index (κ2) is 4.82. The standard InChI is InChI=1S/C13H11ClFNO2/c1-7-5-10(8(2)18-7)13(17)16-9-3-4-12(15)11(14)6-9/h3-6H,1-2H3,(H,16,17). The molecule has 0 bridgehead atoms. The highest BCUT2D eigenvalue weighted by Crippen LogP contribution is 2.21. The van der Waals surface area contributed by atoms with Gasteiger partial charge in [0.2, 0.25) is 0 Å². The first-order valence-electron chi connectivity index (χ1n) is 5.31. The molecule has 0 aliphatic rings. The third-order valence-corrected chi connectivity index (χ3v) is 2.75. The molecule has 0 saturated carbocycles. The van der Waals surface area contributed by atoms with Gasteiger partial charge in [0.05, 0.1) is 10.6 Å². The summed E-state index contributed by atoms with van der Waals surface area (Å²) in [6, 6.07) is 5.65. The minimum absolute atomic E-state index is 0.0344.